The number of para-hydroxylation sites is 1. The van der Waals surface area contributed by atoms with E-state index in [1.165, 1.54) is 0 Å². The maximum atomic E-state index is 12.5. The van der Waals surface area contributed by atoms with Gasteiger partial charge in [0.25, 0.3) is 5.91 Å². The monoisotopic (exact) mass is 381 g/mol. The number of benzene rings is 2. The summed E-state index contributed by atoms with van der Waals surface area (Å²) in [5, 5.41) is 4.23. The van der Waals surface area contributed by atoms with Gasteiger partial charge in [0.2, 0.25) is 0 Å². The van der Waals surface area contributed by atoms with Crippen molar-refractivity contribution in [3.8, 4) is 5.75 Å². The van der Waals surface area contributed by atoms with Crippen LogP contribution in [0.5, 0.6) is 5.75 Å². The van der Waals surface area contributed by atoms with Crippen molar-refractivity contribution in [3.05, 3.63) is 58.1 Å². The van der Waals surface area contributed by atoms with Crippen molar-refractivity contribution < 1.29 is 9.53 Å². The number of hydrogen-bond acceptors (Lipinski definition) is 3. The highest BCUT2D eigenvalue weighted by molar-refractivity contribution is 7.99. The van der Waals surface area contributed by atoms with E-state index in [9.17, 15) is 4.79 Å². The van der Waals surface area contributed by atoms with Crippen LogP contribution < -0.4 is 10.1 Å². The molecule has 0 aromatic heterocycles. The Bertz CT molecular complexity index is 754. The molecule has 2 aromatic rings. The van der Waals surface area contributed by atoms with Gasteiger partial charge in [-0.05, 0) is 49.2 Å². The molecule has 2 unspecified atom stereocenters. The average molecular weight is 382 g/mol. The molecule has 1 aliphatic heterocycles. The van der Waals surface area contributed by atoms with Crippen molar-refractivity contribution in [2.45, 2.75) is 30.4 Å². The molecule has 1 heterocycles. The Hall–Kier alpha value is -1.36. The van der Waals surface area contributed by atoms with Gasteiger partial charge >= 0.3 is 0 Å². The summed E-state index contributed by atoms with van der Waals surface area (Å²) >= 11 is 14.0. The number of thioether (sulfide) groups is 1. The molecule has 3 nitrogen and oxygen atoms in total. The molecule has 0 saturated carbocycles. The largest absolute Gasteiger partial charge is 0.479 e. The summed E-state index contributed by atoms with van der Waals surface area (Å²) in [6.45, 7) is 1.72. The van der Waals surface area contributed by atoms with Crippen LogP contribution in [0.4, 0.5) is 0 Å². The molecule has 126 valence electrons. The predicted octanol–water partition coefficient (Wildman–Crippen LogP) is 5.11. The summed E-state index contributed by atoms with van der Waals surface area (Å²) in [6.07, 6.45) is 0.227. The minimum atomic E-state index is -0.637. The predicted molar refractivity (Wildman–Crippen MR) is 99.2 cm³/mol. The molecule has 1 amide bonds. The van der Waals surface area contributed by atoms with Crippen molar-refractivity contribution >= 4 is 40.9 Å². The number of fused-ring (bicyclic) bond motifs is 1. The van der Waals surface area contributed by atoms with Crippen LogP contribution >= 0.6 is 35.0 Å². The Morgan fingerprint density at radius 3 is 2.88 bits per heavy atom. The van der Waals surface area contributed by atoms with Crippen LogP contribution in [-0.2, 0) is 4.79 Å². The lowest BCUT2D eigenvalue weighted by Crippen LogP contribution is -2.39. The highest BCUT2D eigenvalue weighted by atomic mass is 35.5. The Morgan fingerprint density at radius 1 is 1.29 bits per heavy atom. The summed E-state index contributed by atoms with van der Waals surface area (Å²) < 4.78 is 5.68. The summed E-state index contributed by atoms with van der Waals surface area (Å²) in [6, 6.07) is 12.9. The zero-order chi connectivity index (χ0) is 17.1. The molecule has 0 aliphatic carbocycles. The van der Waals surface area contributed by atoms with Crippen molar-refractivity contribution in [2.24, 2.45) is 0 Å². The second-order valence-electron chi connectivity index (χ2n) is 5.57. The van der Waals surface area contributed by atoms with Crippen molar-refractivity contribution in [1.29, 1.82) is 0 Å². The lowest BCUT2D eigenvalue weighted by Gasteiger charge is -2.27. The van der Waals surface area contributed by atoms with Crippen molar-refractivity contribution in [1.82, 2.24) is 5.32 Å². The van der Waals surface area contributed by atoms with Gasteiger partial charge in [-0.25, -0.2) is 0 Å². The summed E-state index contributed by atoms with van der Waals surface area (Å²) in [5.41, 5.74) is 1.07. The lowest BCUT2D eigenvalue weighted by atomic mass is 10.0. The third kappa shape index (κ3) is 4.00. The number of rotatable bonds is 4. The summed E-state index contributed by atoms with van der Waals surface area (Å²) in [5.74, 6) is 1.29. The van der Waals surface area contributed by atoms with Gasteiger partial charge in [0, 0.05) is 15.7 Å². The minimum Gasteiger partial charge on any atom is -0.479 e. The van der Waals surface area contributed by atoms with Gasteiger partial charge in [0.1, 0.15) is 5.75 Å². The quantitative estimate of drug-likeness (QED) is 0.798. The Balaban J connectivity index is 1.69. The fourth-order valence-corrected chi connectivity index (χ4v) is 4.05. The topological polar surface area (TPSA) is 38.3 Å². The fourth-order valence-electron chi connectivity index (χ4n) is 2.59. The molecule has 1 aliphatic rings. The molecule has 2 aromatic carbocycles. The number of hydrogen-bond donors (Lipinski definition) is 1. The van der Waals surface area contributed by atoms with Gasteiger partial charge in [-0.1, -0.05) is 35.3 Å². The smallest absolute Gasteiger partial charge is 0.261 e. The third-order valence-corrected chi connectivity index (χ3v) is 5.51. The minimum absolute atomic E-state index is 0.0512. The van der Waals surface area contributed by atoms with E-state index in [2.05, 4.69) is 5.32 Å². The van der Waals surface area contributed by atoms with Gasteiger partial charge < -0.3 is 10.1 Å². The van der Waals surface area contributed by atoms with Gasteiger partial charge in [-0.2, -0.15) is 0 Å². The number of amides is 1. The fraction of sp³-hybridized carbons (Fsp3) is 0.278. The second-order valence-corrected chi connectivity index (χ2v) is 7.55. The molecule has 1 N–H and O–H groups in total. The molecule has 3 rings (SSSR count). The number of carbonyl (C=O) groups excluding carboxylic acids is 1. The Labute approximate surface area is 155 Å². The number of ether oxygens (including phenoxy) is 1. The first-order valence-electron chi connectivity index (χ1n) is 7.68. The highest BCUT2D eigenvalue weighted by Gasteiger charge is 2.25. The first-order valence-corrected chi connectivity index (χ1v) is 9.42. The van der Waals surface area contributed by atoms with Crippen LogP contribution in [-0.4, -0.2) is 17.8 Å². The SMILES string of the molecule is CC(Oc1ccccc1Cl)C(=O)NC1CCSc2ccc(Cl)cc21. The highest BCUT2D eigenvalue weighted by Crippen LogP contribution is 2.37. The normalized spacial score (nSPS) is 17.7. The first-order chi connectivity index (χ1) is 11.5. The van der Waals surface area contributed by atoms with E-state index in [1.54, 1.807) is 30.8 Å². The van der Waals surface area contributed by atoms with Gasteiger partial charge in [-0.3, -0.25) is 4.79 Å². The van der Waals surface area contributed by atoms with Crippen LogP contribution in [0.1, 0.15) is 24.9 Å². The maximum absolute atomic E-state index is 12.5. The average Bonchev–Trinajstić information content (AvgIpc) is 2.57. The van der Waals surface area contributed by atoms with E-state index in [-0.39, 0.29) is 11.9 Å². The molecule has 6 heteroatoms. The molecule has 0 spiro atoms. The molecular weight excluding hydrogens is 365 g/mol. The van der Waals surface area contributed by atoms with Gasteiger partial charge in [0.05, 0.1) is 11.1 Å². The Kier molecular flexibility index (Phi) is 5.59. The molecule has 0 fully saturated rings. The van der Waals surface area contributed by atoms with E-state index in [1.807, 2.05) is 30.3 Å². The molecule has 24 heavy (non-hydrogen) atoms. The van der Waals surface area contributed by atoms with E-state index in [4.69, 9.17) is 27.9 Å². The van der Waals surface area contributed by atoms with Gasteiger partial charge in [0.15, 0.2) is 6.10 Å². The summed E-state index contributed by atoms with van der Waals surface area (Å²) in [4.78, 5) is 13.7. The van der Waals surface area contributed by atoms with E-state index in [0.717, 1.165) is 22.6 Å². The second kappa shape index (κ2) is 7.68. The zero-order valence-electron chi connectivity index (χ0n) is 13.1. The standard InChI is InChI=1S/C18H17Cl2NO2S/c1-11(23-16-5-3-2-4-14(16)20)18(22)21-15-8-9-24-17-7-6-12(19)10-13(15)17/h2-7,10-11,15H,8-9H2,1H3,(H,21,22). The number of carbonyl (C=O) groups is 1. The van der Waals surface area contributed by atoms with Crippen LogP contribution in [0, 0.1) is 0 Å². The Morgan fingerprint density at radius 2 is 2.08 bits per heavy atom. The van der Waals surface area contributed by atoms with Crippen LogP contribution in [0.25, 0.3) is 0 Å². The summed E-state index contributed by atoms with van der Waals surface area (Å²) in [7, 11) is 0. The molecule has 2 atom stereocenters. The number of halogens is 2. The maximum Gasteiger partial charge on any atom is 0.261 e. The number of nitrogens with one attached hydrogen (secondary N) is 1. The van der Waals surface area contributed by atoms with Crippen LogP contribution in [0.2, 0.25) is 10.0 Å². The molecular formula is C18H17Cl2NO2S. The zero-order valence-corrected chi connectivity index (χ0v) is 15.4. The van der Waals surface area contributed by atoms with Crippen LogP contribution in [0.15, 0.2) is 47.4 Å². The van der Waals surface area contributed by atoms with Gasteiger partial charge in [-0.15, -0.1) is 11.8 Å². The van der Waals surface area contributed by atoms with Crippen LogP contribution in [0.3, 0.4) is 0 Å². The molecule has 0 radical (unpaired) electrons. The first kappa shape index (κ1) is 17.5. The molecule has 0 saturated heterocycles. The van der Waals surface area contributed by atoms with Crippen molar-refractivity contribution in [2.75, 3.05) is 5.75 Å². The van der Waals surface area contributed by atoms with E-state index >= 15 is 0 Å². The lowest BCUT2D eigenvalue weighted by molar-refractivity contribution is -0.128. The van der Waals surface area contributed by atoms with E-state index in [0.29, 0.717) is 15.8 Å². The molecule has 0 bridgehead atoms. The third-order valence-electron chi connectivity index (χ3n) is 3.84. The van der Waals surface area contributed by atoms with Crippen molar-refractivity contribution in [3.63, 3.8) is 0 Å². The van der Waals surface area contributed by atoms with E-state index < -0.39 is 6.10 Å².